The monoisotopic (exact) mass is 310 g/mol. The van der Waals surface area contributed by atoms with Crippen LogP contribution in [0.2, 0.25) is 0 Å². The molecule has 2 rings (SSSR count). The van der Waals surface area contributed by atoms with E-state index in [4.69, 9.17) is 0 Å². The summed E-state index contributed by atoms with van der Waals surface area (Å²) in [7, 11) is 0. The normalized spacial score (nSPS) is 19.3. The minimum Gasteiger partial charge on any atom is -0.367 e. The highest BCUT2D eigenvalue weighted by atomic mass is 32.2. The molecule has 1 aromatic rings. The van der Waals surface area contributed by atoms with Crippen LogP contribution >= 0.6 is 11.8 Å². The van der Waals surface area contributed by atoms with E-state index in [2.05, 4.69) is 37.1 Å². The maximum absolute atomic E-state index is 14.4. The molecule has 0 saturated carbocycles. The first-order valence-corrected chi connectivity index (χ1v) is 9.00. The highest BCUT2D eigenvalue weighted by Gasteiger charge is 2.21. The van der Waals surface area contributed by atoms with Crippen LogP contribution in [0.3, 0.4) is 0 Å². The molecule has 2 nitrogen and oxygen atoms in total. The molecule has 0 aliphatic carbocycles. The second-order valence-corrected chi connectivity index (χ2v) is 7.57. The zero-order chi connectivity index (χ0) is 15.2. The first-order valence-electron chi connectivity index (χ1n) is 7.95. The van der Waals surface area contributed by atoms with Gasteiger partial charge in [-0.1, -0.05) is 26.8 Å². The number of halogens is 1. The lowest BCUT2D eigenvalue weighted by Gasteiger charge is -2.34. The second kappa shape index (κ2) is 8.04. The molecule has 0 aromatic heterocycles. The lowest BCUT2D eigenvalue weighted by molar-refractivity contribution is 0.549. The van der Waals surface area contributed by atoms with Crippen LogP contribution in [0.1, 0.15) is 32.8 Å². The topological polar surface area (TPSA) is 15.3 Å². The Bertz CT molecular complexity index is 450. The molecule has 118 valence electrons. The van der Waals surface area contributed by atoms with E-state index in [1.165, 1.54) is 0 Å². The lowest BCUT2D eigenvalue weighted by Crippen LogP contribution is -2.38. The molecule has 0 radical (unpaired) electrons. The molecule has 1 unspecified atom stereocenters. The van der Waals surface area contributed by atoms with Crippen LogP contribution in [-0.2, 0) is 6.54 Å². The fraction of sp³-hybridized carbons (Fsp3) is 0.647. The molecule has 1 heterocycles. The number of rotatable bonds is 6. The molecule has 1 aliphatic rings. The Balaban J connectivity index is 1.98. The molecule has 1 aromatic carbocycles. The van der Waals surface area contributed by atoms with Gasteiger partial charge in [-0.15, -0.1) is 0 Å². The van der Waals surface area contributed by atoms with Gasteiger partial charge in [0.25, 0.3) is 0 Å². The lowest BCUT2D eigenvalue weighted by atomic mass is 10.1. The average Bonchev–Trinajstić information content (AvgIpc) is 2.47. The van der Waals surface area contributed by atoms with E-state index in [1.54, 1.807) is 6.07 Å². The van der Waals surface area contributed by atoms with Gasteiger partial charge in [0.15, 0.2) is 0 Å². The number of nitrogens with one attached hydrogen (secondary N) is 1. The third-order valence-electron chi connectivity index (χ3n) is 3.83. The Morgan fingerprint density at radius 2 is 2.24 bits per heavy atom. The predicted molar refractivity (Wildman–Crippen MR) is 91.7 cm³/mol. The summed E-state index contributed by atoms with van der Waals surface area (Å²) in [5.41, 5.74) is 1.79. The van der Waals surface area contributed by atoms with Gasteiger partial charge in [-0.3, -0.25) is 0 Å². The molecule has 0 amide bonds. The van der Waals surface area contributed by atoms with E-state index in [-0.39, 0.29) is 5.82 Å². The third-order valence-corrected chi connectivity index (χ3v) is 5.20. The predicted octanol–water partition coefficient (Wildman–Crippen LogP) is 3.90. The molecule has 4 heteroatoms. The largest absolute Gasteiger partial charge is 0.367 e. The third kappa shape index (κ3) is 4.89. The van der Waals surface area contributed by atoms with Crippen LogP contribution in [0.4, 0.5) is 10.1 Å². The summed E-state index contributed by atoms with van der Waals surface area (Å²) < 4.78 is 14.4. The molecule has 1 aliphatic heterocycles. The minimum absolute atomic E-state index is 0.0828. The first kappa shape index (κ1) is 16.6. The van der Waals surface area contributed by atoms with Crippen molar-refractivity contribution in [3.05, 3.63) is 29.6 Å². The standard InChI is InChI=1S/C17H27FN2S/c1-4-15-12-20(7-8-21-15)17-6-5-14(9-16(17)18)11-19-10-13(2)3/h5-6,9,13,15,19H,4,7-8,10-12H2,1-3H3. The van der Waals surface area contributed by atoms with Crippen LogP contribution in [0.5, 0.6) is 0 Å². The molecule has 21 heavy (non-hydrogen) atoms. The number of hydrogen-bond acceptors (Lipinski definition) is 3. The first-order chi connectivity index (χ1) is 10.1. The Hall–Kier alpha value is -0.740. The molecule has 0 spiro atoms. The fourth-order valence-electron chi connectivity index (χ4n) is 2.61. The molecule has 1 N–H and O–H groups in total. The summed E-state index contributed by atoms with van der Waals surface area (Å²) in [6, 6.07) is 5.68. The maximum atomic E-state index is 14.4. The smallest absolute Gasteiger partial charge is 0.146 e. The number of hydrogen-bond donors (Lipinski definition) is 1. The summed E-state index contributed by atoms with van der Waals surface area (Å²) in [5.74, 6) is 1.63. The van der Waals surface area contributed by atoms with Gasteiger partial charge < -0.3 is 10.2 Å². The Labute approximate surface area is 132 Å². The van der Waals surface area contributed by atoms with E-state index in [0.29, 0.717) is 11.2 Å². The fourth-order valence-corrected chi connectivity index (χ4v) is 3.79. The van der Waals surface area contributed by atoms with Gasteiger partial charge in [0.2, 0.25) is 0 Å². The van der Waals surface area contributed by atoms with Gasteiger partial charge in [-0.05, 0) is 36.6 Å². The van der Waals surface area contributed by atoms with Crippen molar-refractivity contribution in [2.45, 2.75) is 39.0 Å². The number of thioether (sulfide) groups is 1. The summed E-state index contributed by atoms with van der Waals surface area (Å²) in [5, 5.41) is 3.99. The van der Waals surface area contributed by atoms with Crippen molar-refractivity contribution in [3.63, 3.8) is 0 Å². The van der Waals surface area contributed by atoms with Crippen molar-refractivity contribution < 1.29 is 4.39 Å². The Morgan fingerprint density at radius 3 is 2.90 bits per heavy atom. The SMILES string of the molecule is CCC1CN(c2ccc(CNCC(C)C)cc2F)CCS1. The van der Waals surface area contributed by atoms with Gasteiger partial charge in [-0.2, -0.15) is 11.8 Å². The Morgan fingerprint density at radius 1 is 1.43 bits per heavy atom. The number of benzene rings is 1. The molecular formula is C17H27FN2S. The van der Waals surface area contributed by atoms with Gasteiger partial charge >= 0.3 is 0 Å². The Kier molecular flexibility index (Phi) is 6.37. The number of anilines is 1. The van der Waals surface area contributed by atoms with Crippen molar-refractivity contribution in [2.75, 3.05) is 30.3 Å². The van der Waals surface area contributed by atoms with Crippen molar-refractivity contribution in [2.24, 2.45) is 5.92 Å². The van der Waals surface area contributed by atoms with Crippen molar-refractivity contribution in [1.82, 2.24) is 5.32 Å². The molecule has 1 saturated heterocycles. The van der Waals surface area contributed by atoms with E-state index < -0.39 is 0 Å². The number of nitrogens with zero attached hydrogens (tertiary/aromatic N) is 1. The average molecular weight is 310 g/mol. The van der Waals surface area contributed by atoms with Gasteiger partial charge in [0, 0.05) is 30.6 Å². The minimum atomic E-state index is -0.0828. The molecular weight excluding hydrogens is 283 g/mol. The van der Waals surface area contributed by atoms with E-state index in [1.807, 2.05) is 17.8 Å². The van der Waals surface area contributed by atoms with Crippen molar-refractivity contribution in [3.8, 4) is 0 Å². The summed E-state index contributed by atoms with van der Waals surface area (Å²) in [4.78, 5) is 2.20. The quantitative estimate of drug-likeness (QED) is 0.858. The van der Waals surface area contributed by atoms with Crippen LogP contribution in [0.15, 0.2) is 18.2 Å². The van der Waals surface area contributed by atoms with E-state index in [0.717, 1.165) is 49.6 Å². The summed E-state index contributed by atoms with van der Waals surface area (Å²) in [6.07, 6.45) is 1.15. The maximum Gasteiger partial charge on any atom is 0.146 e. The van der Waals surface area contributed by atoms with Crippen LogP contribution in [-0.4, -0.2) is 30.6 Å². The van der Waals surface area contributed by atoms with Gasteiger partial charge in [0.05, 0.1) is 5.69 Å². The molecule has 1 atom stereocenters. The van der Waals surface area contributed by atoms with Crippen molar-refractivity contribution >= 4 is 17.4 Å². The van der Waals surface area contributed by atoms with Crippen LogP contribution in [0, 0.1) is 11.7 Å². The second-order valence-electron chi connectivity index (χ2n) is 6.16. The van der Waals surface area contributed by atoms with E-state index >= 15 is 0 Å². The summed E-state index contributed by atoms with van der Waals surface area (Å²) >= 11 is 2.01. The van der Waals surface area contributed by atoms with Crippen molar-refractivity contribution in [1.29, 1.82) is 0 Å². The molecule has 1 fully saturated rings. The van der Waals surface area contributed by atoms with Gasteiger partial charge in [0.1, 0.15) is 5.82 Å². The zero-order valence-corrected chi connectivity index (χ0v) is 14.2. The highest BCUT2D eigenvalue weighted by Crippen LogP contribution is 2.28. The molecule has 0 bridgehead atoms. The van der Waals surface area contributed by atoms with Gasteiger partial charge in [-0.25, -0.2) is 4.39 Å². The van der Waals surface area contributed by atoms with E-state index in [9.17, 15) is 4.39 Å². The summed E-state index contributed by atoms with van der Waals surface area (Å²) in [6.45, 7) is 10.2. The highest BCUT2D eigenvalue weighted by molar-refractivity contribution is 8.00. The van der Waals surface area contributed by atoms with Crippen LogP contribution < -0.4 is 10.2 Å². The zero-order valence-electron chi connectivity index (χ0n) is 13.4. The van der Waals surface area contributed by atoms with Crippen LogP contribution in [0.25, 0.3) is 0 Å².